The van der Waals surface area contributed by atoms with E-state index in [1.165, 1.54) is 22.4 Å². The summed E-state index contributed by atoms with van der Waals surface area (Å²) in [6, 6.07) is 21.6. The van der Waals surface area contributed by atoms with Crippen molar-refractivity contribution in [2.45, 2.75) is 11.2 Å². The van der Waals surface area contributed by atoms with Crippen molar-refractivity contribution in [1.82, 2.24) is 0 Å². The average molecular weight is 329 g/mol. The molecule has 3 aromatic carbocycles. The number of fused-ring (bicyclic) bond motifs is 1. The van der Waals surface area contributed by atoms with Crippen molar-refractivity contribution in [2.24, 2.45) is 0 Å². The molecule has 3 aromatic rings. The fourth-order valence-corrected chi connectivity index (χ4v) is 3.01. The summed E-state index contributed by atoms with van der Waals surface area (Å²) in [5.74, 6) is -0.141. The first-order valence-electron chi connectivity index (χ1n) is 6.60. The Morgan fingerprint density at radius 2 is 1.55 bits per heavy atom. The zero-order chi connectivity index (χ0) is 13.9. The summed E-state index contributed by atoms with van der Waals surface area (Å²) in [4.78, 5) is 0.115. The van der Waals surface area contributed by atoms with Crippen LogP contribution in [0.2, 0.25) is 0 Å². The molecule has 0 N–H and O–H groups in total. The summed E-state index contributed by atoms with van der Waals surface area (Å²) in [7, 11) is 0. The molecule has 0 spiro atoms. The van der Waals surface area contributed by atoms with E-state index in [0.29, 0.717) is 6.42 Å². The maximum Gasteiger partial charge on any atom is 0.126 e. The third kappa shape index (κ3) is 2.75. The Labute approximate surface area is 126 Å². The fourth-order valence-electron chi connectivity index (χ4n) is 2.38. The SMILES string of the molecule is Fc1ccccc1CC(Br)c1ccc2ccccc2c1. The van der Waals surface area contributed by atoms with Crippen molar-refractivity contribution >= 4 is 26.7 Å². The third-order valence-corrected chi connectivity index (χ3v) is 4.34. The van der Waals surface area contributed by atoms with Crippen LogP contribution < -0.4 is 0 Å². The van der Waals surface area contributed by atoms with Crippen molar-refractivity contribution in [2.75, 3.05) is 0 Å². The zero-order valence-electron chi connectivity index (χ0n) is 10.9. The Morgan fingerprint density at radius 3 is 2.35 bits per heavy atom. The smallest absolute Gasteiger partial charge is 0.126 e. The first-order chi connectivity index (χ1) is 9.74. The van der Waals surface area contributed by atoms with Gasteiger partial charge in [-0.2, -0.15) is 0 Å². The van der Waals surface area contributed by atoms with E-state index in [-0.39, 0.29) is 10.6 Å². The number of alkyl halides is 1. The Hall–Kier alpha value is -1.67. The number of hydrogen-bond acceptors (Lipinski definition) is 0. The van der Waals surface area contributed by atoms with E-state index in [9.17, 15) is 4.39 Å². The second kappa shape index (κ2) is 5.76. The van der Waals surface area contributed by atoms with Gasteiger partial charge in [0.1, 0.15) is 5.82 Å². The van der Waals surface area contributed by atoms with Gasteiger partial charge in [-0.25, -0.2) is 4.39 Å². The molecule has 0 aromatic heterocycles. The van der Waals surface area contributed by atoms with Crippen LogP contribution in [0.3, 0.4) is 0 Å². The number of halogens is 2. The topological polar surface area (TPSA) is 0 Å². The van der Waals surface area contributed by atoms with E-state index in [2.05, 4.69) is 46.3 Å². The van der Waals surface area contributed by atoms with E-state index < -0.39 is 0 Å². The molecule has 3 rings (SSSR count). The second-order valence-corrected chi connectivity index (χ2v) is 5.97. The van der Waals surface area contributed by atoms with Gasteiger partial charge in [0.2, 0.25) is 0 Å². The summed E-state index contributed by atoms with van der Waals surface area (Å²) in [6.45, 7) is 0. The molecule has 0 aliphatic carbocycles. The first kappa shape index (κ1) is 13.3. The lowest BCUT2D eigenvalue weighted by Gasteiger charge is -2.12. The molecule has 20 heavy (non-hydrogen) atoms. The van der Waals surface area contributed by atoms with Gasteiger partial charge in [0, 0.05) is 4.83 Å². The molecule has 0 amide bonds. The van der Waals surface area contributed by atoms with Gasteiger partial charge in [-0.05, 0) is 34.4 Å². The molecule has 0 radical (unpaired) electrons. The Morgan fingerprint density at radius 1 is 0.850 bits per heavy atom. The van der Waals surface area contributed by atoms with Crippen LogP contribution in [0.15, 0.2) is 66.7 Å². The molecule has 0 aliphatic rings. The maximum atomic E-state index is 13.7. The summed E-state index contributed by atoms with van der Waals surface area (Å²) in [6.07, 6.45) is 0.644. The summed E-state index contributed by atoms with van der Waals surface area (Å²) >= 11 is 3.68. The van der Waals surface area contributed by atoms with Crippen LogP contribution in [0, 0.1) is 5.82 Å². The Kier molecular flexibility index (Phi) is 3.83. The van der Waals surface area contributed by atoms with Crippen LogP contribution in [-0.4, -0.2) is 0 Å². The first-order valence-corrected chi connectivity index (χ1v) is 7.52. The van der Waals surface area contributed by atoms with Gasteiger partial charge >= 0.3 is 0 Å². The predicted octanol–water partition coefficient (Wildman–Crippen LogP) is 5.66. The molecule has 2 heteroatoms. The quantitative estimate of drug-likeness (QED) is 0.544. The van der Waals surface area contributed by atoms with Crippen LogP contribution in [-0.2, 0) is 6.42 Å². The molecule has 0 saturated carbocycles. The lowest BCUT2D eigenvalue weighted by atomic mass is 10.0. The molecular weight excluding hydrogens is 315 g/mol. The van der Waals surface area contributed by atoms with Crippen LogP contribution in [0.4, 0.5) is 4.39 Å². The summed E-state index contributed by atoms with van der Waals surface area (Å²) < 4.78 is 13.7. The molecule has 0 nitrogen and oxygen atoms in total. The molecule has 1 atom stereocenters. The summed E-state index contributed by atoms with van der Waals surface area (Å²) in [5.41, 5.74) is 1.91. The largest absolute Gasteiger partial charge is 0.207 e. The Balaban J connectivity index is 1.89. The molecule has 0 aliphatic heterocycles. The maximum absolute atomic E-state index is 13.7. The van der Waals surface area contributed by atoms with Crippen molar-refractivity contribution in [3.8, 4) is 0 Å². The lowest BCUT2D eigenvalue weighted by molar-refractivity contribution is 0.608. The van der Waals surface area contributed by atoms with E-state index in [4.69, 9.17) is 0 Å². The highest BCUT2D eigenvalue weighted by Gasteiger charge is 2.11. The summed E-state index contributed by atoms with van der Waals surface area (Å²) in [5, 5.41) is 2.44. The van der Waals surface area contributed by atoms with Gasteiger partial charge in [0.05, 0.1) is 0 Å². The molecular formula is C18H14BrF. The van der Waals surface area contributed by atoms with Gasteiger partial charge in [0.15, 0.2) is 0 Å². The van der Waals surface area contributed by atoms with E-state index in [1.807, 2.05) is 24.3 Å². The Bertz CT molecular complexity index is 736. The van der Waals surface area contributed by atoms with Gasteiger partial charge in [-0.15, -0.1) is 0 Å². The minimum absolute atomic E-state index is 0.115. The van der Waals surface area contributed by atoms with Crippen molar-refractivity contribution < 1.29 is 4.39 Å². The molecule has 0 saturated heterocycles. The highest BCUT2D eigenvalue weighted by molar-refractivity contribution is 9.09. The normalized spacial score (nSPS) is 12.5. The van der Waals surface area contributed by atoms with Crippen LogP contribution in [0.5, 0.6) is 0 Å². The number of rotatable bonds is 3. The monoisotopic (exact) mass is 328 g/mol. The zero-order valence-corrected chi connectivity index (χ0v) is 12.5. The molecule has 0 bridgehead atoms. The highest BCUT2D eigenvalue weighted by Crippen LogP contribution is 2.30. The van der Waals surface area contributed by atoms with Crippen LogP contribution in [0.25, 0.3) is 10.8 Å². The van der Waals surface area contributed by atoms with Crippen molar-refractivity contribution in [3.63, 3.8) is 0 Å². The molecule has 1 unspecified atom stereocenters. The lowest BCUT2D eigenvalue weighted by Crippen LogP contribution is -1.98. The minimum atomic E-state index is -0.141. The average Bonchev–Trinajstić information content (AvgIpc) is 2.49. The van der Waals surface area contributed by atoms with E-state index >= 15 is 0 Å². The molecule has 0 heterocycles. The van der Waals surface area contributed by atoms with Gasteiger partial charge in [-0.3, -0.25) is 0 Å². The van der Waals surface area contributed by atoms with Gasteiger partial charge in [-0.1, -0.05) is 76.6 Å². The standard InChI is InChI=1S/C18H14BrF/c19-17(12-16-7-3-4-8-18(16)20)15-10-9-13-5-1-2-6-14(13)11-15/h1-11,17H,12H2. The minimum Gasteiger partial charge on any atom is -0.207 e. The van der Waals surface area contributed by atoms with Crippen molar-refractivity contribution in [1.29, 1.82) is 0 Å². The van der Waals surface area contributed by atoms with Crippen molar-refractivity contribution in [3.05, 3.63) is 83.7 Å². The fraction of sp³-hybridized carbons (Fsp3) is 0.111. The van der Waals surface area contributed by atoms with Gasteiger partial charge in [0.25, 0.3) is 0 Å². The highest BCUT2D eigenvalue weighted by atomic mass is 79.9. The molecule has 100 valence electrons. The number of hydrogen-bond donors (Lipinski definition) is 0. The third-order valence-electron chi connectivity index (χ3n) is 3.49. The van der Waals surface area contributed by atoms with E-state index in [0.717, 1.165) is 5.56 Å². The second-order valence-electron chi connectivity index (χ2n) is 4.87. The van der Waals surface area contributed by atoms with Crippen LogP contribution >= 0.6 is 15.9 Å². The van der Waals surface area contributed by atoms with E-state index in [1.54, 1.807) is 6.07 Å². The number of benzene rings is 3. The van der Waals surface area contributed by atoms with Gasteiger partial charge < -0.3 is 0 Å². The molecule has 0 fully saturated rings. The predicted molar refractivity (Wildman–Crippen MR) is 85.7 cm³/mol. The van der Waals surface area contributed by atoms with Crippen LogP contribution in [0.1, 0.15) is 16.0 Å².